The fourth-order valence-electron chi connectivity index (χ4n) is 3.46. The van der Waals surface area contributed by atoms with Crippen molar-refractivity contribution in [1.29, 1.82) is 0 Å². The highest BCUT2D eigenvalue weighted by molar-refractivity contribution is 6.30. The van der Waals surface area contributed by atoms with Gasteiger partial charge in [0.25, 0.3) is 5.91 Å². The molecule has 126 valence electrons. The van der Waals surface area contributed by atoms with Crippen LogP contribution in [0.4, 0.5) is 5.69 Å². The molecule has 0 fully saturated rings. The van der Waals surface area contributed by atoms with Gasteiger partial charge in [-0.25, -0.2) is 0 Å². The Bertz CT molecular complexity index is 949. The Balaban J connectivity index is 1.74. The molecule has 1 aromatic heterocycles. The second-order valence-electron chi connectivity index (χ2n) is 6.25. The number of aromatic nitrogens is 1. The highest BCUT2D eigenvalue weighted by Gasteiger charge is 2.34. The van der Waals surface area contributed by atoms with E-state index in [-0.39, 0.29) is 12.1 Å². The molecular formula is C20H18ClN3O. The van der Waals surface area contributed by atoms with Crippen molar-refractivity contribution in [2.45, 2.75) is 6.17 Å². The first-order valence-corrected chi connectivity index (χ1v) is 8.47. The number of hydrogen-bond acceptors (Lipinski definition) is 2. The van der Waals surface area contributed by atoms with Gasteiger partial charge in [-0.05, 0) is 36.4 Å². The number of carbonyl (C=O) groups excluding carboxylic acids is 1. The molecule has 2 heterocycles. The fourth-order valence-corrected chi connectivity index (χ4v) is 3.65. The summed E-state index contributed by atoms with van der Waals surface area (Å²) in [6, 6.07) is 17.5. The van der Waals surface area contributed by atoms with Gasteiger partial charge >= 0.3 is 0 Å². The van der Waals surface area contributed by atoms with Gasteiger partial charge in [-0.15, -0.1) is 0 Å². The van der Waals surface area contributed by atoms with Gasteiger partial charge in [-0.1, -0.05) is 29.8 Å². The van der Waals surface area contributed by atoms with Crippen molar-refractivity contribution in [3.8, 4) is 5.69 Å². The second-order valence-corrected chi connectivity index (χ2v) is 6.69. The van der Waals surface area contributed by atoms with Crippen LogP contribution >= 0.6 is 11.6 Å². The van der Waals surface area contributed by atoms with Crippen LogP contribution in [0.1, 0.15) is 22.1 Å². The van der Waals surface area contributed by atoms with Gasteiger partial charge < -0.3 is 14.4 Å². The van der Waals surface area contributed by atoms with Crippen LogP contribution in [0.15, 0.2) is 67.0 Å². The van der Waals surface area contributed by atoms with Crippen LogP contribution in [-0.2, 0) is 0 Å². The smallest absolute Gasteiger partial charge is 0.257 e. The molecule has 0 bridgehead atoms. The maximum atomic E-state index is 12.7. The fraction of sp³-hybridized carbons (Fsp3) is 0.150. The van der Waals surface area contributed by atoms with Crippen molar-refractivity contribution in [2.24, 2.45) is 0 Å². The molecule has 0 unspecified atom stereocenters. The van der Waals surface area contributed by atoms with Crippen LogP contribution in [-0.4, -0.2) is 29.5 Å². The van der Waals surface area contributed by atoms with Crippen LogP contribution in [0.5, 0.6) is 0 Å². The molecule has 3 aromatic rings. The minimum atomic E-state index is -0.150. The Kier molecular flexibility index (Phi) is 3.77. The Labute approximate surface area is 151 Å². The summed E-state index contributed by atoms with van der Waals surface area (Å²) >= 11 is 6.10. The zero-order valence-corrected chi connectivity index (χ0v) is 14.8. The van der Waals surface area contributed by atoms with Crippen LogP contribution in [0.3, 0.4) is 0 Å². The molecule has 0 radical (unpaired) electrons. The monoisotopic (exact) mass is 351 g/mol. The lowest BCUT2D eigenvalue weighted by Gasteiger charge is -2.41. The lowest BCUT2D eigenvalue weighted by Crippen LogP contribution is -2.45. The maximum Gasteiger partial charge on any atom is 0.257 e. The van der Waals surface area contributed by atoms with Crippen molar-refractivity contribution in [1.82, 2.24) is 9.47 Å². The molecule has 4 rings (SSSR count). The van der Waals surface area contributed by atoms with Crippen LogP contribution in [0.25, 0.3) is 5.69 Å². The topological polar surface area (TPSA) is 28.5 Å². The van der Waals surface area contributed by atoms with Gasteiger partial charge in [-0.2, -0.15) is 0 Å². The molecule has 5 heteroatoms. The summed E-state index contributed by atoms with van der Waals surface area (Å²) < 4.78 is 2.02. The number of carbonyl (C=O) groups is 1. The Hall–Kier alpha value is -2.72. The summed E-state index contributed by atoms with van der Waals surface area (Å²) in [5.74, 6) is 0.0363. The predicted molar refractivity (Wildman–Crippen MR) is 100 cm³/mol. The molecule has 1 aliphatic heterocycles. The van der Waals surface area contributed by atoms with E-state index in [1.807, 2.05) is 85.7 Å². The first-order chi connectivity index (χ1) is 12.1. The third kappa shape index (κ3) is 2.59. The summed E-state index contributed by atoms with van der Waals surface area (Å²) in [6.07, 6.45) is 3.89. The van der Waals surface area contributed by atoms with Gasteiger partial charge in [0.1, 0.15) is 6.17 Å². The van der Waals surface area contributed by atoms with Gasteiger partial charge in [0.15, 0.2) is 0 Å². The maximum absolute atomic E-state index is 12.7. The second kappa shape index (κ2) is 5.97. The van der Waals surface area contributed by atoms with E-state index < -0.39 is 0 Å². The summed E-state index contributed by atoms with van der Waals surface area (Å²) in [4.78, 5) is 16.7. The number of fused-ring (bicyclic) bond motifs is 1. The molecule has 25 heavy (non-hydrogen) atoms. The Morgan fingerprint density at radius 2 is 1.76 bits per heavy atom. The van der Waals surface area contributed by atoms with E-state index in [9.17, 15) is 4.79 Å². The van der Waals surface area contributed by atoms with Crippen LogP contribution < -0.4 is 4.90 Å². The van der Waals surface area contributed by atoms with Gasteiger partial charge in [-0.3, -0.25) is 4.79 Å². The largest absolute Gasteiger partial charge is 0.350 e. The number of halogens is 1. The highest BCUT2D eigenvalue weighted by atomic mass is 35.5. The minimum absolute atomic E-state index is 0.0363. The standard InChI is InChI=1S/C20H18ClN3O/c1-22-18-9-4-3-8-17(18)20(25)23(2)19(22)14-10-11-24(13-14)16-7-5-6-15(21)12-16/h3-13,19H,1-2H3/t19-/m1/s1. The van der Waals surface area contributed by atoms with Gasteiger partial charge in [0.2, 0.25) is 0 Å². The Morgan fingerprint density at radius 1 is 0.960 bits per heavy atom. The molecule has 1 aliphatic rings. The zero-order valence-electron chi connectivity index (χ0n) is 14.1. The number of para-hydroxylation sites is 1. The third-order valence-electron chi connectivity index (χ3n) is 4.69. The highest BCUT2D eigenvalue weighted by Crippen LogP contribution is 2.36. The van der Waals surface area contributed by atoms with E-state index in [1.165, 1.54) is 0 Å². The van der Waals surface area contributed by atoms with Crippen molar-refractivity contribution >= 4 is 23.2 Å². The average molecular weight is 352 g/mol. The Morgan fingerprint density at radius 3 is 2.56 bits per heavy atom. The number of hydrogen-bond donors (Lipinski definition) is 0. The molecule has 0 N–H and O–H groups in total. The summed E-state index contributed by atoms with van der Waals surface area (Å²) in [5.41, 5.74) is 3.73. The SMILES string of the molecule is CN1C(=O)c2ccccc2N(C)[C@H]1c1ccn(-c2cccc(Cl)c2)c1. The van der Waals surface area contributed by atoms with E-state index in [2.05, 4.69) is 4.90 Å². The minimum Gasteiger partial charge on any atom is -0.350 e. The molecule has 1 atom stereocenters. The molecule has 0 spiro atoms. The number of anilines is 1. The van der Waals surface area contributed by atoms with E-state index in [4.69, 9.17) is 11.6 Å². The first-order valence-electron chi connectivity index (χ1n) is 8.09. The van der Waals surface area contributed by atoms with Gasteiger partial charge in [0.05, 0.1) is 11.3 Å². The van der Waals surface area contributed by atoms with Crippen molar-refractivity contribution in [2.75, 3.05) is 19.0 Å². The normalized spacial score (nSPS) is 16.9. The lowest BCUT2D eigenvalue weighted by molar-refractivity contribution is 0.0711. The molecule has 0 saturated carbocycles. The molecule has 1 amide bonds. The third-order valence-corrected chi connectivity index (χ3v) is 4.92. The van der Waals surface area contributed by atoms with Crippen molar-refractivity contribution in [3.63, 3.8) is 0 Å². The van der Waals surface area contributed by atoms with Crippen LogP contribution in [0.2, 0.25) is 5.02 Å². The van der Waals surface area contributed by atoms with Crippen molar-refractivity contribution in [3.05, 3.63) is 83.1 Å². The van der Waals surface area contributed by atoms with Crippen molar-refractivity contribution < 1.29 is 4.79 Å². The average Bonchev–Trinajstić information content (AvgIpc) is 3.10. The summed E-state index contributed by atoms with van der Waals surface area (Å²) in [6.45, 7) is 0. The number of rotatable bonds is 2. The molecule has 2 aromatic carbocycles. The van der Waals surface area contributed by atoms with Gasteiger partial charge in [0, 0.05) is 42.8 Å². The van der Waals surface area contributed by atoms with E-state index in [0.29, 0.717) is 5.02 Å². The number of amides is 1. The number of nitrogens with zero attached hydrogens (tertiary/aromatic N) is 3. The molecule has 0 saturated heterocycles. The lowest BCUT2D eigenvalue weighted by atomic mass is 10.0. The van der Waals surface area contributed by atoms with E-state index in [0.717, 1.165) is 22.5 Å². The first kappa shape index (κ1) is 15.8. The summed E-state index contributed by atoms with van der Waals surface area (Å²) in [5, 5.41) is 0.698. The quantitative estimate of drug-likeness (QED) is 0.686. The molecule has 4 nitrogen and oxygen atoms in total. The van der Waals surface area contributed by atoms with Crippen LogP contribution in [0, 0.1) is 0 Å². The molecule has 0 aliphatic carbocycles. The van der Waals surface area contributed by atoms with E-state index >= 15 is 0 Å². The molecular weight excluding hydrogens is 334 g/mol. The zero-order chi connectivity index (χ0) is 17.6. The predicted octanol–water partition coefficient (Wildman–Crippen LogP) is 4.35. The summed E-state index contributed by atoms with van der Waals surface area (Å²) in [7, 11) is 3.86. The number of benzene rings is 2. The van der Waals surface area contributed by atoms with E-state index in [1.54, 1.807) is 4.90 Å².